The van der Waals surface area contributed by atoms with Gasteiger partial charge in [-0.05, 0) is 37.1 Å². The summed E-state index contributed by atoms with van der Waals surface area (Å²) in [6.07, 6.45) is 0. The summed E-state index contributed by atoms with van der Waals surface area (Å²) in [5, 5.41) is 11.7. The first kappa shape index (κ1) is 13.3. The smallest absolute Gasteiger partial charge is 0.322 e. The number of hydrogen-bond donors (Lipinski definition) is 3. The van der Waals surface area contributed by atoms with Gasteiger partial charge in [-0.15, -0.1) is 0 Å². The van der Waals surface area contributed by atoms with Gasteiger partial charge in [0, 0.05) is 12.2 Å². The SMILES string of the molecule is COc1cc(C)c(NCC(N)C(=O)O)cc1C. The minimum Gasteiger partial charge on any atom is -0.496 e. The molecule has 17 heavy (non-hydrogen) atoms. The van der Waals surface area contributed by atoms with Crippen LogP contribution >= 0.6 is 0 Å². The summed E-state index contributed by atoms with van der Waals surface area (Å²) in [6, 6.07) is 2.92. The van der Waals surface area contributed by atoms with Crippen LogP contribution in [0, 0.1) is 13.8 Å². The first-order valence-electron chi connectivity index (χ1n) is 5.33. The molecule has 0 saturated heterocycles. The van der Waals surface area contributed by atoms with Crippen LogP contribution in [-0.4, -0.2) is 30.8 Å². The number of anilines is 1. The quantitative estimate of drug-likeness (QED) is 0.716. The number of methoxy groups -OCH3 is 1. The lowest BCUT2D eigenvalue weighted by Gasteiger charge is -2.14. The monoisotopic (exact) mass is 238 g/mol. The molecule has 0 aliphatic carbocycles. The van der Waals surface area contributed by atoms with E-state index in [0.29, 0.717) is 0 Å². The maximum absolute atomic E-state index is 10.6. The largest absolute Gasteiger partial charge is 0.496 e. The van der Waals surface area contributed by atoms with Crippen molar-refractivity contribution in [2.24, 2.45) is 5.73 Å². The van der Waals surface area contributed by atoms with Crippen molar-refractivity contribution in [3.05, 3.63) is 23.3 Å². The molecule has 0 fully saturated rings. The zero-order valence-corrected chi connectivity index (χ0v) is 10.3. The molecule has 1 aromatic carbocycles. The van der Waals surface area contributed by atoms with Crippen molar-refractivity contribution in [2.45, 2.75) is 19.9 Å². The van der Waals surface area contributed by atoms with Crippen LogP contribution in [0.25, 0.3) is 0 Å². The highest BCUT2D eigenvalue weighted by atomic mass is 16.5. The van der Waals surface area contributed by atoms with Crippen molar-refractivity contribution >= 4 is 11.7 Å². The molecule has 0 radical (unpaired) electrons. The minimum absolute atomic E-state index is 0.196. The predicted molar refractivity (Wildman–Crippen MR) is 66.6 cm³/mol. The molecule has 1 atom stereocenters. The lowest BCUT2D eigenvalue weighted by Crippen LogP contribution is -2.37. The van der Waals surface area contributed by atoms with Crippen molar-refractivity contribution in [2.75, 3.05) is 19.0 Å². The number of nitrogens with one attached hydrogen (secondary N) is 1. The molecule has 4 N–H and O–H groups in total. The second-order valence-electron chi connectivity index (χ2n) is 3.96. The highest BCUT2D eigenvalue weighted by molar-refractivity contribution is 5.74. The maximum Gasteiger partial charge on any atom is 0.322 e. The van der Waals surface area contributed by atoms with Crippen molar-refractivity contribution < 1.29 is 14.6 Å². The molecule has 0 aromatic heterocycles. The van der Waals surface area contributed by atoms with Gasteiger partial charge < -0.3 is 20.9 Å². The highest BCUT2D eigenvalue weighted by Gasteiger charge is 2.12. The fraction of sp³-hybridized carbons (Fsp3) is 0.417. The third kappa shape index (κ3) is 3.35. The van der Waals surface area contributed by atoms with Crippen LogP contribution in [0.4, 0.5) is 5.69 Å². The lowest BCUT2D eigenvalue weighted by molar-refractivity contribution is -0.138. The van der Waals surface area contributed by atoms with E-state index in [1.807, 2.05) is 26.0 Å². The number of aryl methyl sites for hydroxylation is 2. The minimum atomic E-state index is -1.01. The lowest BCUT2D eigenvalue weighted by atomic mass is 10.1. The molecule has 0 aliphatic rings. The Kier molecular flexibility index (Phi) is 4.34. The molecule has 5 heteroatoms. The van der Waals surface area contributed by atoms with Crippen LogP contribution < -0.4 is 15.8 Å². The Bertz CT molecular complexity index is 418. The number of benzene rings is 1. The average Bonchev–Trinajstić information content (AvgIpc) is 2.29. The molecule has 0 amide bonds. The van der Waals surface area contributed by atoms with Gasteiger partial charge in [0.05, 0.1) is 7.11 Å². The number of ether oxygens (including phenoxy) is 1. The second-order valence-corrected chi connectivity index (χ2v) is 3.96. The molecule has 1 rings (SSSR count). The van der Waals surface area contributed by atoms with Gasteiger partial charge in [-0.3, -0.25) is 4.79 Å². The zero-order chi connectivity index (χ0) is 13.0. The summed E-state index contributed by atoms with van der Waals surface area (Å²) in [5.41, 5.74) is 8.28. The fourth-order valence-corrected chi connectivity index (χ4v) is 1.51. The number of aliphatic carboxylic acids is 1. The van der Waals surface area contributed by atoms with E-state index in [-0.39, 0.29) is 6.54 Å². The topological polar surface area (TPSA) is 84.6 Å². The molecule has 0 heterocycles. The van der Waals surface area contributed by atoms with E-state index >= 15 is 0 Å². The van der Waals surface area contributed by atoms with Crippen LogP contribution in [0.5, 0.6) is 5.75 Å². The van der Waals surface area contributed by atoms with Gasteiger partial charge in [0.1, 0.15) is 11.8 Å². The van der Waals surface area contributed by atoms with E-state index < -0.39 is 12.0 Å². The van der Waals surface area contributed by atoms with Crippen LogP contribution in [0.3, 0.4) is 0 Å². The van der Waals surface area contributed by atoms with Gasteiger partial charge in [-0.1, -0.05) is 0 Å². The van der Waals surface area contributed by atoms with E-state index in [4.69, 9.17) is 15.6 Å². The summed E-state index contributed by atoms with van der Waals surface area (Å²) in [4.78, 5) is 10.6. The standard InChI is InChI=1S/C12H18N2O3/c1-7-5-11(17-3)8(2)4-10(7)14-6-9(13)12(15)16/h4-5,9,14H,6,13H2,1-3H3,(H,15,16). The predicted octanol–water partition coefficient (Wildman–Crippen LogP) is 1.14. The molecular formula is C12H18N2O3. The second kappa shape index (κ2) is 5.54. The van der Waals surface area contributed by atoms with Gasteiger partial charge >= 0.3 is 5.97 Å². The molecule has 0 spiro atoms. The van der Waals surface area contributed by atoms with Gasteiger partial charge in [0.2, 0.25) is 0 Å². The molecule has 0 saturated carbocycles. The summed E-state index contributed by atoms with van der Waals surface area (Å²) >= 11 is 0. The van der Waals surface area contributed by atoms with Crippen molar-refractivity contribution in [1.29, 1.82) is 0 Å². The number of nitrogens with two attached hydrogens (primary N) is 1. The van der Waals surface area contributed by atoms with Gasteiger partial charge in [-0.2, -0.15) is 0 Å². The molecule has 0 bridgehead atoms. The summed E-state index contributed by atoms with van der Waals surface area (Å²) in [7, 11) is 1.62. The van der Waals surface area contributed by atoms with E-state index in [9.17, 15) is 4.79 Å². The van der Waals surface area contributed by atoms with E-state index in [1.54, 1.807) is 7.11 Å². The summed E-state index contributed by atoms with van der Waals surface area (Å²) in [6.45, 7) is 4.05. The van der Waals surface area contributed by atoms with Crippen molar-refractivity contribution in [1.82, 2.24) is 0 Å². The molecule has 94 valence electrons. The van der Waals surface area contributed by atoms with Crippen LogP contribution in [0.1, 0.15) is 11.1 Å². The Labute approximate surface area is 101 Å². The Hall–Kier alpha value is -1.75. The Balaban J connectivity index is 2.78. The van der Waals surface area contributed by atoms with E-state index in [1.165, 1.54) is 0 Å². The Morgan fingerprint density at radius 1 is 1.47 bits per heavy atom. The third-order valence-corrected chi connectivity index (χ3v) is 2.57. The van der Waals surface area contributed by atoms with Crippen LogP contribution in [-0.2, 0) is 4.79 Å². The summed E-state index contributed by atoms with van der Waals surface area (Å²) < 4.78 is 5.20. The molecule has 5 nitrogen and oxygen atoms in total. The first-order chi connectivity index (χ1) is 7.95. The normalized spacial score (nSPS) is 12.0. The van der Waals surface area contributed by atoms with Gasteiger partial charge in [0.15, 0.2) is 0 Å². The van der Waals surface area contributed by atoms with E-state index in [0.717, 1.165) is 22.6 Å². The van der Waals surface area contributed by atoms with Crippen molar-refractivity contribution in [3.8, 4) is 5.75 Å². The zero-order valence-electron chi connectivity index (χ0n) is 10.3. The maximum atomic E-state index is 10.6. The fourth-order valence-electron chi connectivity index (χ4n) is 1.51. The van der Waals surface area contributed by atoms with Crippen molar-refractivity contribution in [3.63, 3.8) is 0 Å². The number of carboxylic acid groups (broad SMARTS) is 1. The van der Waals surface area contributed by atoms with Crippen LogP contribution in [0.15, 0.2) is 12.1 Å². The first-order valence-corrected chi connectivity index (χ1v) is 5.33. The number of hydrogen-bond acceptors (Lipinski definition) is 4. The van der Waals surface area contributed by atoms with Crippen LogP contribution in [0.2, 0.25) is 0 Å². The third-order valence-electron chi connectivity index (χ3n) is 2.57. The Morgan fingerprint density at radius 2 is 2.12 bits per heavy atom. The molecular weight excluding hydrogens is 220 g/mol. The molecule has 1 aromatic rings. The summed E-state index contributed by atoms with van der Waals surface area (Å²) in [5.74, 6) is -0.198. The number of rotatable bonds is 5. The van der Waals surface area contributed by atoms with Gasteiger partial charge in [0.25, 0.3) is 0 Å². The Morgan fingerprint density at radius 3 is 2.65 bits per heavy atom. The highest BCUT2D eigenvalue weighted by Crippen LogP contribution is 2.25. The number of carbonyl (C=O) groups is 1. The average molecular weight is 238 g/mol. The van der Waals surface area contributed by atoms with E-state index in [2.05, 4.69) is 5.32 Å². The van der Waals surface area contributed by atoms with Gasteiger partial charge in [-0.25, -0.2) is 0 Å². The number of carboxylic acids is 1. The molecule has 0 aliphatic heterocycles. The molecule has 1 unspecified atom stereocenters.